The zero-order valence-electron chi connectivity index (χ0n) is 6.77. The van der Waals surface area contributed by atoms with E-state index in [2.05, 4.69) is 4.98 Å². The van der Waals surface area contributed by atoms with E-state index in [1.54, 1.807) is 0 Å². The Balaban J connectivity index is 3.06. The Morgan fingerprint density at radius 2 is 1.79 bits per heavy atom. The highest BCUT2D eigenvalue weighted by Gasteiger charge is 2.14. The van der Waals surface area contributed by atoms with Crippen LogP contribution in [0.2, 0.25) is 0 Å². The average molecular weight is 199 g/mol. The maximum Gasteiger partial charge on any atom is 0.256 e. The Morgan fingerprint density at radius 1 is 1.07 bits per heavy atom. The molecular weight excluding hydrogens is 195 g/mol. The second-order valence-corrected chi connectivity index (χ2v) is 2.75. The zero-order chi connectivity index (χ0) is 10.3. The van der Waals surface area contributed by atoms with Crippen LogP contribution in [-0.4, -0.2) is 4.98 Å². The number of hydrogen-bond acceptors (Lipinski definition) is 1. The minimum atomic E-state index is -1.57. The van der Waals surface area contributed by atoms with Gasteiger partial charge in [-0.05, 0) is 12.1 Å². The fourth-order valence-electron chi connectivity index (χ4n) is 1.24. The number of rotatable bonds is 0. The van der Waals surface area contributed by atoms with Crippen molar-refractivity contribution in [3.8, 4) is 0 Å². The highest BCUT2D eigenvalue weighted by atomic mass is 19.2. The normalized spacial score (nSPS) is 10.8. The molecule has 5 heteroatoms. The van der Waals surface area contributed by atoms with Crippen molar-refractivity contribution < 1.29 is 13.2 Å². The predicted molar refractivity (Wildman–Crippen MR) is 44.4 cm³/mol. The highest BCUT2D eigenvalue weighted by molar-refractivity contribution is 5.82. The minimum absolute atomic E-state index is 0.205. The third-order valence-electron chi connectivity index (χ3n) is 1.91. The second kappa shape index (κ2) is 2.87. The van der Waals surface area contributed by atoms with Crippen molar-refractivity contribution in [2.24, 2.45) is 0 Å². The van der Waals surface area contributed by atoms with E-state index in [9.17, 15) is 18.0 Å². The summed E-state index contributed by atoms with van der Waals surface area (Å²) < 4.78 is 38.5. The number of hydrogen-bond donors (Lipinski definition) is 1. The molecule has 0 unspecified atom stereocenters. The summed E-state index contributed by atoms with van der Waals surface area (Å²) in [5.41, 5.74) is -0.653. The number of halogens is 3. The molecular formula is C9H4F3NO. The van der Waals surface area contributed by atoms with E-state index >= 15 is 0 Å². The van der Waals surface area contributed by atoms with Crippen molar-refractivity contribution in [2.45, 2.75) is 0 Å². The first-order valence-corrected chi connectivity index (χ1v) is 3.76. The van der Waals surface area contributed by atoms with Crippen LogP contribution in [-0.2, 0) is 0 Å². The molecule has 2 rings (SSSR count). The number of fused-ring (bicyclic) bond motifs is 1. The van der Waals surface area contributed by atoms with Crippen molar-refractivity contribution in [1.82, 2.24) is 4.98 Å². The Bertz CT molecular complexity index is 562. The van der Waals surface area contributed by atoms with Crippen molar-refractivity contribution in [3.05, 3.63) is 46.1 Å². The van der Waals surface area contributed by atoms with E-state index in [1.807, 2.05) is 0 Å². The van der Waals surface area contributed by atoms with Crippen LogP contribution >= 0.6 is 0 Å². The number of nitrogens with one attached hydrogen (secondary N) is 1. The molecule has 1 N–H and O–H groups in total. The van der Waals surface area contributed by atoms with Crippen molar-refractivity contribution >= 4 is 10.8 Å². The molecule has 0 fully saturated rings. The first-order valence-electron chi connectivity index (χ1n) is 3.76. The van der Waals surface area contributed by atoms with Gasteiger partial charge >= 0.3 is 0 Å². The lowest BCUT2D eigenvalue weighted by Crippen LogP contribution is -2.07. The van der Waals surface area contributed by atoms with Gasteiger partial charge in [0.2, 0.25) is 0 Å². The molecule has 0 radical (unpaired) electrons. The number of H-pyrrole nitrogens is 1. The van der Waals surface area contributed by atoms with Gasteiger partial charge in [-0.25, -0.2) is 13.2 Å². The van der Waals surface area contributed by atoms with Gasteiger partial charge in [-0.15, -0.1) is 0 Å². The van der Waals surface area contributed by atoms with Gasteiger partial charge in [-0.3, -0.25) is 4.79 Å². The van der Waals surface area contributed by atoms with E-state index in [0.717, 1.165) is 0 Å². The largest absolute Gasteiger partial charge is 0.329 e. The molecule has 2 nitrogen and oxygen atoms in total. The van der Waals surface area contributed by atoms with Gasteiger partial charge in [0.25, 0.3) is 5.56 Å². The van der Waals surface area contributed by atoms with Crippen LogP contribution in [0.15, 0.2) is 23.1 Å². The van der Waals surface area contributed by atoms with Gasteiger partial charge in [0.15, 0.2) is 17.5 Å². The second-order valence-electron chi connectivity index (χ2n) is 2.75. The number of benzene rings is 1. The molecule has 0 saturated carbocycles. The summed E-state index contributed by atoms with van der Waals surface area (Å²) in [6.45, 7) is 0. The van der Waals surface area contributed by atoms with Gasteiger partial charge in [-0.1, -0.05) is 0 Å². The summed E-state index contributed by atoms with van der Waals surface area (Å²) >= 11 is 0. The monoisotopic (exact) mass is 199 g/mol. The fourth-order valence-corrected chi connectivity index (χ4v) is 1.24. The maximum atomic E-state index is 13.1. The number of aromatic amines is 1. The quantitative estimate of drug-likeness (QED) is 0.646. The molecule has 1 heterocycles. The van der Waals surface area contributed by atoms with Crippen LogP contribution in [0.25, 0.3) is 10.8 Å². The molecule has 1 aromatic carbocycles. The lowest BCUT2D eigenvalue weighted by molar-refractivity contribution is 0.453. The van der Waals surface area contributed by atoms with E-state index < -0.39 is 23.0 Å². The van der Waals surface area contributed by atoms with Crippen LogP contribution in [0.5, 0.6) is 0 Å². The third kappa shape index (κ3) is 1.09. The molecule has 0 amide bonds. The van der Waals surface area contributed by atoms with Crippen LogP contribution in [0.1, 0.15) is 0 Å². The first kappa shape index (κ1) is 8.80. The summed E-state index contributed by atoms with van der Waals surface area (Å²) in [6.07, 6.45) is 1.17. The minimum Gasteiger partial charge on any atom is -0.329 e. The molecule has 0 atom stereocenters. The first-order chi connectivity index (χ1) is 6.61. The SMILES string of the molecule is O=c1[nH]ccc2c(F)c(F)c(F)cc12. The van der Waals surface area contributed by atoms with Crippen molar-refractivity contribution in [2.75, 3.05) is 0 Å². The number of pyridine rings is 1. The van der Waals surface area contributed by atoms with E-state index in [1.165, 1.54) is 12.3 Å². The average Bonchev–Trinajstić information content (AvgIpc) is 2.17. The molecule has 2 aromatic rings. The summed E-state index contributed by atoms with van der Waals surface area (Å²) in [6, 6.07) is 1.85. The summed E-state index contributed by atoms with van der Waals surface area (Å²) in [7, 11) is 0. The van der Waals surface area contributed by atoms with Crippen molar-refractivity contribution in [1.29, 1.82) is 0 Å². The lowest BCUT2D eigenvalue weighted by Gasteiger charge is -2.00. The zero-order valence-corrected chi connectivity index (χ0v) is 6.77. The summed E-state index contributed by atoms with van der Waals surface area (Å²) in [5.74, 6) is -4.28. The summed E-state index contributed by atoms with van der Waals surface area (Å²) in [5, 5.41) is -0.434. The standard InChI is InChI=1S/C9H4F3NO/c10-6-3-5-4(7(11)8(6)12)1-2-13-9(5)14/h1-3H,(H,13,14). The Labute approximate surface area is 76.0 Å². The van der Waals surface area contributed by atoms with Gasteiger partial charge in [0, 0.05) is 11.6 Å². The molecule has 0 spiro atoms. The predicted octanol–water partition coefficient (Wildman–Crippen LogP) is 1.95. The van der Waals surface area contributed by atoms with E-state index in [0.29, 0.717) is 6.07 Å². The Morgan fingerprint density at radius 3 is 2.50 bits per heavy atom. The molecule has 0 aliphatic rings. The Kier molecular flexibility index (Phi) is 1.80. The molecule has 0 bridgehead atoms. The topological polar surface area (TPSA) is 32.9 Å². The van der Waals surface area contributed by atoms with Crippen LogP contribution in [0.3, 0.4) is 0 Å². The smallest absolute Gasteiger partial charge is 0.256 e. The van der Waals surface area contributed by atoms with Gasteiger partial charge in [0.1, 0.15) is 0 Å². The van der Waals surface area contributed by atoms with Gasteiger partial charge in [0.05, 0.1) is 5.39 Å². The highest BCUT2D eigenvalue weighted by Crippen LogP contribution is 2.19. The summed E-state index contributed by atoms with van der Waals surface area (Å²) in [4.78, 5) is 13.3. The van der Waals surface area contributed by atoms with Crippen LogP contribution in [0, 0.1) is 17.5 Å². The van der Waals surface area contributed by atoms with Gasteiger partial charge in [-0.2, -0.15) is 0 Å². The lowest BCUT2D eigenvalue weighted by atomic mass is 10.1. The molecule has 0 saturated heterocycles. The molecule has 0 aliphatic heterocycles. The number of aromatic nitrogens is 1. The van der Waals surface area contributed by atoms with Gasteiger partial charge < -0.3 is 4.98 Å². The van der Waals surface area contributed by atoms with E-state index in [4.69, 9.17) is 0 Å². The van der Waals surface area contributed by atoms with E-state index in [-0.39, 0.29) is 10.8 Å². The maximum absolute atomic E-state index is 13.1. The third-order valence-corrected chi connectivity index (χ3v) is 1.91. The fraction of sp³-hybridized carbons (Fsp3) is 0. The molecule has 0 aliphatic carbocycles. The Hall–Kier alpha value is -1.78. The van der Waals surface area contributed by atoms with Crippen LogP contribution < -0.4 is 5.56 Å². The molecule has 14 heavy (non-hydrogen) atoms. The molecule has 1 aromatic heterocycles. The molecule has 72 valence electrons. The van der Waals surface area contributed by atoms with Crippen LogP contribution in [0.4, 0.5) is 13.2 Å². The van der Waals surface area contributed by atoms with Crippen molar-refractivity contribution in [3.63, 3.8) is 0 Å².